The van der Waals surface area contributed by atoms with Gasteiger partial charge in [0.05, 0.1) is 5.60 Å². The predicted molar refractivity (Wildman–Crippen MR) is 58.0 cm³/mol. The van der Waals surface area contributed by atoms with Gasteiger partial charge in [-0.05, 0) is 50.4 Å². The van der Waals surface area contributed by atoms with E-state index < -0.39 is 5.60 Å². The normalized spacial score (nSPS) is 33.4. The molecule has 0 aromatic rings. The standard InChI is InChI=1S/C12H23NO/c1-10(2)6-8-12(14,9-7-10)11(13)4-3-5-11/h14H,3-9,13H2,1-2H3. The Labute approximate surface area is 86.9 Å². The van der Waals surface area contributed by atoms with Crippen LogP contribution < -0.4 is 5.73 Å². The molecular formula is C12H23NO. The molecule has 2 fully saturated rings. The van der Waals surface area contributed by atoms with Gasteiger partial charge in [-0.15, -0.1) is 0 Å². The minimum Gasteiger partial charge on any atom is -0.388 e. The maximum Gasteiger partial charge on any atom is 0.0826 e. The van der Waals surface area contributed by atoms with Gasteiger partial charge < -0.3 is 10.8 Å². The highest BCUT2D eigenvalue weighted by Crippen LogP contribution is 2.49. The van der Waals surface area contributed by atoms with Crippen LogP contribution in [0.3, 0.4) is 0 Å². The molecule has 2 rings (SSSR count). The van der Waals surface area contributed by atoms with Crippen LogP contribution in [0.15, 0.2) is 0 Å². The summed E-state index contributed by atoms with van der Waals surface area (Å²) >= 11 is 0. The highest BCUT2D eigenvalue weighted by Gasteiger charge is 2.53. The lowest BCUT2D eigenvalue weighted by atomic mass is 9.58. The van der Waals surface area contributed by atoms with E-state index in [1.54, 1.807) is 0 Å². The number of aliphatic hydroxyl groups is 1. The molecule has 0 bridgehead atoms. The zero-order valence-corrected chi connectivity index (χ0v) is 9.47. The van der Waals surface area contributed by atoms with Crippen LogP contribution in [0, 0.1) is 5.41 Å². The maximum atomic E-state index is 10.6. The van der Waals surface area contributed by atoms with E-state index in [2.05, 4.69) is 13.8 Å². The molecule has 0 heterocycles. The minimum atomic E-state index is -0.555. The van der Waals surface area contributed by atoms with Gasteiger partial charge in [0.25, 0.3) is 0 Å². The monoisotopic (exact) mass is 197 g/mol. The Morgan fingerprint density at radius 1 is 0.929 bits per heavy atom. The summed E-state index contributed by atoms with van der Waals surface area (Å²) in [5, 5.41) is 10.6. The van der Waals surface area contributed by atoms with Gasteiger partial charge in [-0.25, -0.2) is 0 Å². The SMILES string of the molecule is CC1(C)CCC(O)(C2(N)CCC2)CC1. The van der Waals surface area contributed by atoms with Gasteiger partial charge >= 0.3 is 0 Å². The average Bonchev–Trinajstić information content (AvgIpc) is 2.07. The Bertz CT molecular complexity index is 220. The van der Waals surface area contributed by atoms with E-state index in [1.807, 2.05) is 0 Å². The second kappa shape index (κ2) is 2.96. The lowest BCUT2D eigenvalue weighted by Gasteiger charge is -2.54. The number of rotatable bonds is 1. The van der Waals surface area contributed by atoms with Crippen molar-refractivity contribution in [2.75, 3.05) is 0 Å². The van der Waals surface area contributed by atoms with Gasteiger partial charge in [-0.3, -0.25) is 0 Å². The highest BCUT2D eigenvalue weighted by molar-refractivity contribution is 5.10. The second-order valence-corrected chi connectivity index (χ2v) is 6.21. The molecule has 0 radical (unpaired) electrons. The number of hydrogen-bond acceptors (Lipinski definition) is 2. The van der Waals surface area contributed by atoms with E-state index in [9.17, 15) is 5.11 Å². The van der Waals surface area contributed by atoms with Crippen molar-refractivity contribution in [1.29, 1.82) is 0 Å². The summed E-state index contributed by atoms with van der Waals surface area (Å²) < 4.78 is 0. The predicted octanol–water partition coefficient (Wildman–Crippen LogP) is 2.20. The molecule has 2 nitrogen and oxygen atoms in total. The smallest absolute Gasteiger partial charge is 0.0826 e. The Hall–Kier alpha value is -0.0800. The van der Waals surface area contributed by atoms with Gasteiger partial charge in [0.1, 0.15) is 0 Å². The molecule has 82 valence electrons. The molecule has 0 amide bonds. The number of nitrogens with two attached hydrogens (primary N) is 1. The van der Waals surface area contributed by atoms with Crippen molar-refractivity contribution in [2.24, 2.45) is 11.1 Å². The fourth-order valence-electron chi connectivity index (χ4n) is 2.86. The van der Waals surface area contributed by atoms with Crippen LogP contribution >= 0.6 is 0 Å². The Morgan fingerprint density at radius 2 is 1.43 bits per heavy atom. The molecule has 0 atom stereocenters. The summed E-state index contributed by atoms with van der Waals surface area (Å²) in [7, 11) is 0. The lowest BCUT2D eigenvalue weighted by molar-refractivity contribution is -0.111. The molecule has 0 spiro atoms. The molecule has 14 heavy (non-hydrogen) atoms. The zero-order valence-electron chi connectivity index (χ0n) is 9.47. The first-order valence-electron chi connectivity index (χ1n) is 5.88. The first kappa shape index (κ1) is 10.4. The van der Waals surface area contributed by atoms with Crippen LogP contribution in [0.5, 0.6) is 0 Å². The van der Waals surface area contributed by atoms with Crippen molar-refractivity contribution in [3.8, 4) is 0 Å². The summed E-state index contributed by atoms with van der Waals surface area (Å²) in [4.78, 5) is 0. The summed E-state index contributed by atoms with van der Waals surface area (Å²) in [5.74, 6) is 0. The molecule has 2 heteroatoms. The van der Waals surface area contributed by atoms with E-state index in [0.717, 1.165) is 38.5 Å². The van der Waals surface area contributed by atoms with Crippen molar-refractivity contribution >= 4 is 0 Å². The van der Waals surface area contributed by atoms with Crippen molar-refractivity contribution < 1.29 is 5.11 Å². The molecule has 2 aliphatic carbocycles. The largest absolute Gasteiger partial charge is 0.388 e. The van der Waals surface area contributed by atoms with E-state index in [0.29, 0.717) is 5.41 Å². The zero-order chi connectivity index (χ0) is 10.4. The molecule has 0 unspecified atom stereocenters. The first-order valence-corrected chi connectivity index (χ1v) is 5.88. The third kappa shape index (κ3) is 1.49. The molecule has 2 aliphatic rings. The van der Waals surface area contributed by atoms with Gasteiger partial charge in [-0.1, -0.05) is 13.8 Å². The van der Waals surface area contributed by atoms with Crippen LogP contribution in [0.25, 0.3) is 0 Å². The van der Waals surface area contributed by atoms with Crippen LogP contribution in [0.2, 0.25) is 0 Å². The minimum absolute atomic E-state index is 0.247. The van der Waals surface area contributed by atoms with Crippen molar-refractivity contribution in [3.63, 3.8) is 0 Å². The fraction of sp³-hybridized carbons (Fsp3) is 1.00. The van der Waals surface area contributed by atoms with Gasteiger partial charge in [0, 0.05) is 5.54 Å². The van der Waals surface area contributed by atoms with Crippen molar-refractivity contribution in [1.82, 2.24) is 0 Å². The van der Waals surface area contributed by atoms with E-state index in [4.69, 9.17) is 5.73 Å². The van der Waals surface area contributed by atoms with Gasteiger partial charge in [-0.2, -0.15) is 0 Å². The van der Waals surface area contributed by atoms with Crippen LogP contribution in [0.1, 0.15) is 58.8 Å². The molecule has 0 aromatic heterocycles. The first-order chi connectivity index (χ1) is 6.37. The Kier molecular flexibility index (Phi) is 2.20. The fourth-order valence-corrected chi connectivity index (χ4v) is 2.86. The van der Waals surface area contributed by atoms with Crippen molar-refractivity contribution in [3.05, 3.63) is 0 Å². The topological polar surface area (TPSA) is 46.2 Å². The highest BCUT2D eigenvalue weighted by atomic mass is 16.3. The Morgan fingerprint density at radius 3 is 1.79 bits per heavy atom. The summed E-state index contributed by atoms with van der Waals surface area (Å²) in [5.41, 5.74) is 5.86. The summed E-state index contributed by atoms with van der Waals surface area (Å²) in [6.45, 7) is 4.58. The molecule has 0 aliphatic heterocycles. The molecular weight excluding hydrogens is 174 g/mol. The molecule has 0 aromatic carbocycles. The average molecular weight is 197 g/mol. The van der Waals surface area contributed by atoms with E-state index in [-0.39, 0.29) is 5.54 Å². The van der Waals surface area contributed by atoms with Gasteiger partial charge in [0.15, 0.2) is 0 Å². The van der Waals surface area contributed by atoms with Crippen LogP contribution in [0.4, 0.5) is 0 Å². The number of hydrogen-bond donors (Lipinski definition) is 2. The Balaban J connectivity index is 2.05. The summed E-state index contributed by atoms with van der Waals surface area (Å²) in [6.07, 6.45) is 7.26. The van der Waals surface area contributed by atoms with Gasteiger partial charge in [0.2, 0.25) is 0 Å². The lowest BCUT2D eigenvalue weighted by Crippen LogP contribution is -2.65. The molecule has 0 saturated heterocycles. The quantitative estimate of drug-likeness (QED) is 0.677. The van der Waals surface area contributed by atoms with Crippen LogP contribution in [-0.4, -0.2) is 16.2 Å². The van der Waals surface area contributed by atoms with Crippen molar-refractivity contribution in [2.45, 2.75) is 69.9 Å². The second-order valence-electron chi connectivity index (χ2n) is 6.21. The third-order valence-corrected chi connectivity index (χ3v) is 4.60. The third-order valence-electron chi connectivity index (χ3n) is 4.60. The van der Waals surface area contributed by atoms with Crippen LogP contribution in [-0.2, 0) is 0 Å². The maximum absolute atomic E-state index is 10.6. The van der Waals surface area contributed by atoms with E-state index in [1.165, 1.54) is 6.42 Å². The molecule has 3 N–H and O–H groups in total. The van der Waals surface area contributed by atoms with E-state index >= 15 is 0 Å². The molecule has 2 saturated carbocycles. The summed E-state index contributed by atoms with van der Waals surface area (Å²) in [6, 6.07) is 0.